The lowest BCUT2D eigenvalue weighted by atomic mass is 9.76. The van der Waals surface area contributed by atoms with Crippen LogP contribution in [0.15, 0.2) is 6.07 Å². The van der Waals surface area contributed by atoms with Gasteiger partial charge in [0.05, 0.1) is 11.4 Å². The fourth-order valence-corrected chi connectivity index (χ4v) is 2.90. The van der Waals surface area contributed by atoms with Gasteiger partial charge < -0.3 is 5.32 Å². The topological polar surface area (TPSA) is 29.9 Å². The number of nitrogens with one attached hydrogen (secondary N) is 1. The van der Waals surface area contributed by atoms with Crippen LogP contribution in [0.5, 0.6) is 0 Å². The smallest absolute Gasteiger partial charge is 0.0597 e. The highest BCUT2D eigenvalue weighted by molar-refractivity contribution is 5.08. The Kier molecular flexibility index (Phi) is 3.87. The van der Waals surface area contributed by atoms with Crippen molar-refractivity contribution in [1.82, 2.24) is 15.1 Å². The van der Waals surface area contributed by atoms with E-state index < -0.39 is 0 Å². The van der Waals surface area contributed by atoms with Gasteiger partial charge >= 0.3 is 0 Å². The van der Waals surface area contributed by atoms with Gasteiger partial charge in [0.25, 0.3) is 0 Å². The molecule has 0 amide bonds. The largest absolute Gasteiger partial charge is 0.311 e. The molecule has 0 saturated heterocycles. The molecule has 1 aromatic heterocycles. The van der Waals surface area contributed by atoms with Crippen LogP contribution < -0.4 is 5.32 Å². The molecule has 0 atom stereocenters. The molecule has 1 saturated carbocycles. The minimum atomic E-state index is 0.520. The maximum atomic E-state index is 4.37. The van der Waals surface area contributed by atoms with Crippen LogP contribution in [-0.2, 0) is 13.6 Å². The van der Waals surface area contributed by atoms with Crippen LogP contribution in [0.1, 0.15) is 50.4 Å². The predicted octanol–water partition coefficient (Wildman–Crippen LogP) is 2.79. The molecule has 17 heavy (non-hydrogen) atoms. The van der Waals surface area contributed by atoms with Crippen molar-refractivity contribution in [3.05, 3.63) is 17.5 Å². The first-order chi connectivity index (χ1) is 8.09. The summed E-state index contributed by atoms with van der Waals surface area (Å²) >= 11 is 0. The molecule has 1 N–H and O–H groups in total. The lowest BCUT2D eigenvalue weighted by Gasteiger charge is -2.33. The Morgan fingerprint density at radius 2 is 2.06 bits per heavy atom. The molecule has 0 radical (unpaired) electrons. The molecule has 0 spiro atoms. The zero-order valence-corrected chi connectivity index (χ0v) is 11.4. The van der Waals surface area contributed by atoms with Crippen LogP contribution in [0.25, 0.3) is 0 Å². The summed E-state index contributed by atoms with van der Waals surface area (Å²) in [5.74, 6) is 0. The van der Waals surface area contributed by atoms with Crippen molar-refractivity contribution < 1.29 is 0 Å². The van der Waals surface area contributed by atoms with Gasteiger partial charge in [0.15, 0.2) is 0 Å². The normalized spacial score (nSPS) is 19.5. The molecule has 1 heterocycles. The minimum absolute atomic E-state index is 0.520. The van der Waals surface area contributed by atoms with Crippen molar-refractivity contribution in [3.8, 4) is 0 Å². The number of nitrogens with zero attached hydrogens (tertiary/aromatic N) is 2. The van der Waals surface area contributed by atoms with Gasteiger partial charge in [-0.2, -0.15) is 5.10 Å². The quantitative estimate of drug-likeness (QED) is 0.869. The van der Waals surface area contributed by atoms with E-state index >= 15 is 0 Å². The summed E-state index contributed by atoms with van der Waals surface area (Å²) in [6, 6.07) is 2.16. The lowest BCUT2D eigenvalue weighted by Crippen LogP contribution is -2.33. The van der Waals surface area contributed by atoms with Gasteiger partial charge in [-0.25, -0.2) is 0 Å². The second kappa shape index (κ2) is 5.21. The summed E-state index contributed by atoms with van der Waals surface area (Å²) in [6.07, 6.45) is 7.00. The highest BCUT2D eigenvalue weighted by Crippen LogP contribution is 2.34. The molecular weight excluding hydrogens is 210 g/mol. The molecule has 1 aromatic rings. The molecule has 0 unspecified atom stereocenters. The number of hydrogen-bond donors (Lipinski definition) is 1. The van der Waals surface area contributed by atoms with E-state index in [1.807, 2.05) is 18.7 Å². The average Bonchev–Trinajstić information content (AvgIpc) is 2.58. The van der Waals surface area contributed by atoms with Gasteiger partial charge in [0, 0.05) is 20.1 Å². The number of aryl methyl sites for hydroxylation is 2. The van der Waals surface area contributed by atoms with Crippen LogP contribution in [0.3, 0.4) is 0 Å². The molecule has 1 aliphatic carbocycles. The van der Waals surface area contributed by atoms with Crippen LogP contribution in [-0.4, -0.2) is 16.3 Å². The van der Waals surface area contributed by atoms with E-state index in [1.165, 1.54) is 37.8 Å². The number of aromatic nitrogens is 2. The van der Waals surface area contributed by atoms with Crippen molar-refractivity contribution in [2.45, 2.75) is 52.5 Å². The van der Waals surface area contributed by atoms with Crippen molar-refractivity contribution in [2.24, 2.45) is 12.5 Å². The van der Waals surface area contributed by atoms with Crippen LogP contribution in [0, 0.1) is 12.3 Å². The van der Waals surface area contributed by atoms with Crippen molar-refractivity contribution in [1.29, 1.82) is 0 Å². The van der Waals surface area contributed by atoms with Crippen molar-refractivity contribution >= 4 is 0 Å². The molecule has 96 valence electrons. The Bertz CT molecular complexity index is 362. The van der Waals surface area contributed by atoms with Gasteiger partial charge in [-0.3, -0.25) is 4.68 Å². The van der Waals surface area contributed by atoms with Crippen LogP contribution >= 0.6 is 0 Å². The third-order valence-electron chi connectivity index (χ3n) is 4.02. The Labute approximate surface area is 105 Å². The van der Waals surface area contributed by atoms with Gasteiger partial charge in [0.1, 0.15) is 0 Å². The zero-order valence-electron chi connectivity index (χ0n) is 11.4. The van der Waals surface area contributed by atoms with Crippen molar-refractivity contribution in [3.63, 3.8) is 0 Å². The fourth-order valence-electron chi connectivity index (χ4n) is 2.90. The standard InChI is InChI=1S/C14H25N3/c1-12-9-13(17(3)16-12)10-15-11-14(2)7-5-4-6-8-14/h9,15H,4-8,10-11H2,1-3H3. The van der Waals surface area contributed by atoms with E-state index in [0.29, 0.717) is 5.41 Å². The molecule has 0 bridgehead atoms. The van der Waals surface area contributed by atoms with Gasteiger partial charge in [-0.05, 0) is 31.2 Å². The maximum absolute atomic E-state index is 4.37. The highest BCUT2D eigenvalue weighted by atomic mass is 15.3. The summed E-state index contributed by atoms with van der Waals surface area (Å²) in [6.45, 7) is 6.55. The average molecular weight is 235 g/mol. The van der Waals surface area contributed by atoms with E-state index in [2.05, 4.69) is 23.4 Å². The lowest BCUT2D eigenvalue weighted by molar-refractivity contribution is 0.207. The van der Waals surface area contributed by atoms with Gasteiger partial charge in [-0.15, -0.1) is 0 Å². The zero-order chi connectivity index (χ0) is 12.3. The molecular formula is C14H25N3. The maximum Gasteiger partial charge on any atom is 0.0597 e. The van der Waals surface area contributed by atoms with Crippen LogP contribution in [0.4, 0.5) is 0 Å². The summed E-state index contributed by atoms with van der Waals surface area (Å²) in [7, 11) is 2.02. The summed E-state index contributed by atoms with van der Waals surface area (Å²) in [5.41, 5.74) is 2.90. The fraction of sp³-hybridized carbons (Fsp3) is 0.786. The predicted molar refractivity (Wildman–Crippen MR) is 70.8 cm³/mol. The summed E-state index contributed by atoms with van der Waals surface area (Å²) < 4.78 is 1.98. The van der Waals surface area contributed by atoms with Crippen LogP contribution in [0.2, 0.25) is 0 Å². The Balaban J connectivity index is 1.81. The number of hydrogen-bond acceptors (Lipinski definition) is 2. The SMILES string of the molecule is Cc1cc(CNCC2(C)CCCCC2)n(C)n1. The van der Waals surface area contributed by atoms with E-state index in [9.17, 15) is 0 Å². The molecule has 0 aliphatic heterocycles. The molecule has 1 aliphatic rings. The van der Waals surface area contributed by atoms with E-state index in [1.54, 1.807) is 0 Å². The van der Waals surface area contributed by atoms with Crippen molar-refractivity contribution in [2.75, 3.05) is 6.54 Å². The first kappa shape index (κ1) is 12.6. The molecule has 3 nitrogen and oxygen atoms in total. The van der Waals surface area contributed by atoms with E-state index in [-0.39, 0.29) is 0 Å². The summed E-state index contributed by atoms with van der Waals surface area (Å²) in [5, 5.41) is 7.98. The Morgan fingerprint density at radius 1 is 1.35 bits per heavy atom. The molecule has 1 fully saturated rings. The second-order valence-electron chi connectivity index (χ2n) is 5.88. The monoisotopic (exact) mass is 235 g/mol. The third-order valence-corrected chi connectivity index (χ3v) is 4.02. The first-order valence-electron chi connectivity index (χ1n) is 6.79. The number of rotatable bonds is 4. The minimum Gasteiger partial charge on any atom is -0.311 e. The Morgan fingerprint density at radius 3 is 2.65 bits per heavy atom. The first-order valence-corrected chi connectivity index (χ1v) is 6.79. The third kappa shape index (κ3) is 3.32. The van der Waals surface area contributed by atoms with E-state index in [0.717, 1.165) is 18.8 Å². The molecule has 2 rings (SSSR count). The van der Waals surface area contributed by atoms with Gasteiger partial charge in [0.2, 0.25) is 0 Å². The Hall–Kier alpha value is -0.830. The second-order valence-corrected chi connectivity index (χ2v) is 5.88. The summed E-state index contributed by atoms with van der Waals surface area (Å²) in [4.78, 5) is 0. The molecule has 3 heteroatoms. The van der Waals surface area contributed by atoms with Gasteiger partial charge in [-0.1, -0.05) is 26.2 Å². The van der Waals surface area contributed by atoms with E-state index in [4.69, 9.17) is 0 Å². The molecule has 0 aromatic carbocycles. The highest BCUT2D eigenvalue weighted by Gasteiger charge is 2.26.